The van der Waals surface area contributed by atoms with E-state index in [4.69, 9.17) is 51.1 Å². The lowest BCUT2D eigenvalue weighted by molar-refractivity contribution is 0.221. The molecule has 7 heteroatoms. The molecule has 1 unspecified atom stereocenters. The molecule has 1 aromatic carbocycles. The molecule has 0 radical (unpaired) electrons. The predicted molar refractivity (Wildman–Crippen MR) is 81.4 cm³/mol. The van der Waals surface area contributed by atoms with Crippen LogP contribution in [-0.4, -0.2) is 12.2 Å². The van der Waals surface area contributed by atoms with E-state index >= 15 is 0 Å². The summed E-state index contributed by atoms with van der Waals surface area (Å²) in [5, 5.41) is 11.0. The SMILES string of the molecule is COc1cc(Cl)c(C(O)c2cc(Cl)sc2Cl)cc1Cl. The molecule has 2 nitrogen and oxygen atoms in total. The quantitative estimate of drug-likeness (QED) is 0.791. The van der Waals surface area contributed by atoms with E-state index < -0.39 is 6.10 Å². The molecule has 0 amide bonds. The van der Waals surface area contributed by atoms with E-state index in [1.165, 1.54) is 18.4 Å². The zero-order valence-electron chi connectivity index (χ0n) is 9.58. The van der Waals surface area contributed by atoms with Crippen LogP contribution >= 0.6 is 57.7 Å². The number of thiophene rings is 1. The molecule has 1 atom stereocenters. The first-order valence-corrected chi connectivity index (χ1v) is 7.42. The highest BCUT2D eigenvalue weighted by Gasteiger charge is 2.21. The van der Waals surface area contributed by atoms with Gasteiger partial charge >= 0.3 is 0 Å². The second kappa shape index (κ2) is 6.08. The lowest BCUT2D eigenvalue weighted by Gasteiger charge is -2.14. The minimum Gasteiger partial charge on any atom is -0.495 e. The smallest absolute Gasteiger partial charge is 0.138 e. The molecule has 102 valence electrons. The Morgan fingerprint density at radius 1 is 1.05 bits per heavy atom. The van der Waals surface area contributed by atoms with Gasteiger partial charge in [0.15, 0.2) is 0 Å². The van der Waals surface area contributed by atoms with Crippen molar-refractivity contribution in [2.75, 3.05) is 7.11 Å². The van der Waals surface area contributed by atoms with Crippen LogP contribution in [0.25, 0.3) is 0 Å². The maximum absolute atomic E-state index is 10.3. The first-order valence-electron chi connectivity index (χ1n) is 5.09. The maximum atomic E-state index is 10.3. The van der Waals surface area contributed by atoms with Crippen LogP contribution in [0.2, 0.25) is 18.7 Å². The van der Waals surface area contributed by atoms with E-state index in [0.717, 1.165) is 0 Å². The number of ether oxygens (including phenoxy) is 1. The van der Waals surface area contributed by atoms with E-state index in [1.54, 1.807) is 18.2 Å². The Morgan fingerprint density at radius 3 is 2.26 bits per heavy atom. The summed E-state index contributed by atoms with van der Waals surface area (Å²) in [5.41, 5.74) is 0.948. The molecular weight excluding hydrogens is 350 g/mol. The average Bonchev–Trinajstić information content (AvgIpc) is 2.70. The third kappa shape index (κ3) is 3.13. The Hall–Kier alpha value is -0.160. The second-order valence-electron chi connectivity index (χ2n) is 3.69. The minimum atomic E-state index is -0.993. The first-order chi connectivity index (χ1) is 8.93. The van der Waals surface area contributed by atoms with Crippen molar-refractivity contribution < 1.29 is 9.84 Å². The van der Waals surface area contributed by atoms with Crippen molar-refractivity contribution in [2.24, 2.45) is 0 Å². The first kappa shape index (κ1) is 15.2. The summed E-state index contributed by atoms with van der Waals surface area (Å²) in [7, 11) is 1.49. The van der Waals surface area contributed by atoms with Gasteiger partial charge in [0.1, 0.15) is 16.2 Å². The van der Waals surface area contributed by atoms with Crippen LogP contribution in [0.15, 0.2) is 18.2 Å². The molecule has 2 rings (SSSR count). The van der Waals surface area contributed by atoms with Crippen LogP contribution in [-0.2, 0) is 0 Å². The Morgan fingerprint density at radius 2 is 1.74 bits per heavy atom. The molecule has 1 heterocycles. The van der Waals surface area contributed by atoms with E-state index in [1.807, 2.05) is 0 Å². The van der Waals surface area contributed by atoms with Crippen LogP contribution < -0.4 is 4.74 Å². The molecule has 1 N–H and O–H groups in total. The molecule has 0 aliphatic heterocycles. The molecule has 0 aliphatic carbocycles. The van der Waals surface area contributed by atoms with Crippen molar-refractivity contribution in [3.05, 3.63) is 48.0 Å². The van der Waals surface area contributed by atoms with Gasteiger partial charge in [-0.1, -0.05) is 46.4 Å². The number of halogens is 4. The van der Waals surface area contributed by atoms with E-state index in [2.05, 4.69) is 0 Å². The molecule has 0 spiro atoms. The maximum Gasteiger partial charge on any atom is 0.138 e. The number of benzene rings is 1. The van der Waals surface area contributed by atoms with Crippen LogP contribution in [0.3, 0.4) is 0 Å². The number of aliphatic hydroxyl groups excluding tert-OH is 1. The van der Waals surface area contributed by atoms with Crippen molar-refractivity contribution in [3.63, 3.8) is 0 Å². The fraction of sp³-hybridized carbons (Fsp3) is 0.167. The summed E-state index contributed by atoms with van der Waals surface area (Å²) < 4.78 is 5.96. The van der Waals surface area contributed by atoms with Gasteiger partial charge in [-0.15, -0.1) is 11.3 Å². The Bertz CT molecular complexity index is 612. The molecule has 0 saturated carbocycles. The summed E-state index contributed by atoms with van der Waals surface area (Å²) >= 11 is 25.2. The number of hydrogen-bond acceptors (Lipinski definition) is 3. The Kier molecular flexibility index (Phi) is 4.88. The minimum absolute atomic E-state index is 0.340. The zero-order valence-corrected chi connectivity index (χ0v) is 13.4. The van der Waals surface area contributed by atoms with Crippen molar-refractivity contribution in [1.29, 1.82) is 0 Å². The van der Waals surface area contributed by atoms with Gasteiger partial charge in [-0.2, -0.15) is 0 Å². The summed E-state index contributed by atoms with van der Waals surface area (Å²) in [5.74, 6) is 0.442. The highest BCUT2D eigenvalue weighted by atomic mass is 35.5. The lowest BCUT2D eigenvalue weighted by atomic mass is 10.0. The third-order valence-corrected chi connectivity index (χ3v) is 4.68. The normalized spacial score (nSPS) is 12.5. The van der Waals surface area contributed by atoms with Gasteiger partial charge in [0.25, 0.3) is 0 Å². The van der Waals surface area contributed by atoms with Gasteiger partial charge in [-0.05, 0) is 12.1 Å². The van der Waals surface area contributed by atoms with E-state index in [9.17, 15) is 5.11 Å². The number of rotatable bonds is 3. The third-order valence-electron chi connectivity index (χ3n) is 2.54. The molecule has 0 aliphatic rings. The second-order valence-corrected chi connectivity index (χ2v) is 6.79. The largest absolute Gasteiger partial charge is 0.495 e. The van der Waals surface area contributed by atoms with Crippen LogP contribution in [0.4, 0.5) is 0 Å². The van der Waals surface area contributed by atoms with Crippen molar-refractivity contribution in [1.82, 2.24) is 0 Å². The van der Waals surface area contributed by atoms with Crippen LogP contribution in [0, 0.1) is 0 Å². The Labute approximate surface area is 134 Å². The molecule has 1 aromatic heterocycles. The fourth-order valence-electron chi connectivity index (χ4n) is 1.62. The summed E-state index contributed by atoms with van der Waals surface area (Å²) in [4.78, 5) is 0. The summed E-state index contributed by atoms with van der Waals surface area (Å²) in [6.07, 6.45) is -0.993. The number of methoxy groups -OCH3 is 1. The van der Waals surface area contributed by atoms with Gasteiger partial charge in [0.2, 0.25) is 0 Å². The van der Waals surface area contributed by atoms with Gasteiger partial charge in [-0.25, -0.2) is 0 Å². The van der Waals surface area contributed by atoms with Gasteiger partial charge in [0.05, 0.1) is 21.5 Å². The highest BCUT2D eigenvalue weighted by Crippen LogP contribution is 2.41. The molecule has 0 saturated heterocycles. The van der Waals surface area contributed by atoms with Gasteiger partial charge < -0.3 is 9.84 Å². The monoisotopic (exact) mass is 356 g/mol. The number of aliphatic hydroxyl groups is 1. The Balaban J connectivity index is 2.47. The van der Waals surface area contributed by atoms with Crippen molar-refractivity contribution >= 4 is 57.7 Å². The highest BCUT2D eigenvalue weighted by molar-refractivity contribution is 7.20. The van der Waals surface area contributed by atoms with Crippen LogP contribution in [0.5, 0.6) is 5.75 Å². The van der Waals surface area contributed by atoms with Gasteiger partial charge in [-0.3, -0.25) is 0 Å². The molecule has 0 fully saturated rings. The molecule has 0 bridgehead atoms. The topological polar surface area (TPSA) is 29.5 Å². The lowest BCUT2D eigenvalue weighted by Crippen LogP contribution is -2.00. The molecule has 19 heavy (non-hydrogen) atoms. The predicted octanol–water partition coefficient (Wildman–Crippen LogP) is 5.45. The molecular formula is C12H8Cl4O2S. The van der Waals surface area contributed by atoms with E-state index in [-0.39, 0.29) is 0 Å². The van der Waals surface area contributed by atoms with Crippen LogP contribution in [0.1, 0.15) is 17.2 Å². The van der Waals surface area contributed by atoms with Crippen molar-refractivity contribution in [2.45, 2.75) is 6.10 Å². The molecule has 2 aromatic rings. The summed E-state index contributed by atoms with van der Waals surface area (Å²) in [6.45, 7) is 0. The average molecular weight is 358 g/mol. The van der Waals surface area contributed by atoms with Crippen molar-refractivity contribution in [3.8, 4) is 5.75 Å². The van der Waals surface area contributed by atoms with Gasteiger partial charge in [0, 0.05) is 17.2 Å². The number of hydrogen-bond donors (Lipinski definition) is 1. The zero-order chi connectivity index (χ0) is 14.2. The summed E-state index contributed by atoms with van der Waals surface area (Å²) in [6, 6.07) is 4.70. The fourth-order valence-corrected chi connectivity index (χ4v) is 3.64. The standard InChI is InChI=1S/C12H8Cl4O2S/c1-18-9-4-7(13)5(2-8(9)14)11(17)6-3-10(15)19-12(6)16/h2-4,11,17H,1H3. The van der Waals surface area contributed by atoms with E-state index in [0.29, 0.717) is 35.6 Å².